The number of halogens is 1. The van der Waals surface area contributed by atoms with Crippen LogP contribution in [0, 0.1) is 5.41 Å². The van der Waals surface area contributed by atoms with E-state index in [-0.39, 0.29) is 0 Å². The molecule has 62 valence electrons. The third kappa shape index (κ3) is 2.40. The predicted octanol–water partition coefficient (Wildman–Crippen LogP) is -0.326. The van der Waals surface area contributed by atoms with E-state index in [0.29, 0.717) is 26.6 Å². The van der Waals surface area contributed by atoms with E-state index in [2.05, 4.69) is 18.8 Å². The molecular formula is C9H18I-. The van der Waals surface area contributed by atoms with Crippen LogP contribution in [-0.4, -0.2) is 8.86 Å². The predicted molar refractivity (Wildman–Crippen MR) is 42.0 cm³/mol. The number of hydrogen-bond acceptors (Lipinski definition) is 0. The van der Waals surface area contributed by atoms with Crippen LogP contribution < -0.4 is 21.2 Å². The average molecular weight is 253 g/mol. The van der Waals surface area contributed by atoms with Crippen LogP contribution in [0.5, 0.6) is 0 Å². The molecule has 0 heterocycles. The number of alkyl halides is 2. The first kappa shape index (κ1) is 8.82. The van der Waals surface area contributed by atoms with Crippen molar-refractivity contribution in [3.8, 4) is 0 Å². The standard InChI is InChI=1S/C9H18I/c1-9(2)6-4-8(10-3)5-7-9/h8H,4-7H2,1-3H3/q-1. The van der Waals surface area contributed by atoms with Crippen LogP contribution >= 0.6 is 0 Å². The molecule has 0 aliphatic heterocycles. The van der Waals surface area contributed by atoms with Gasteiger partial charge in [-0.25, -0.2) is 0 Å². The van der Waals surface area contributed by atoms with Gasteiger partial charge < -0.3 is 0 Å². The first-order valence-corrected chi connectivity index (χ1v) is 7.52. The molecule has 0 saturated heterocycles. The Morgan fingerprint density at radius 3 is 2.10 bits per heavy atom. The Kier molecular flexibility index (Phi) is 3.02. The van der Waals surface area contributed by atoms with Gasteiger partial charge in [-0.2, -0.15) is 0 Å². The zero-order valence-electron chi connectivity index (χ0n) is 7.28. The molecule has 0 spiro atoms. The van der Waals surface area contributed by atoms with Crippen molar-refractivity contribution in [2.45, 2.75) is 43.5 Å². The Bertz CT molecular complexity index is 97.3. The zero-order chi connectivity index (χ0) is 7.61. The molecule has 10 heavy (non-hydrogen) atoms. The van der Waals surface area contributed by atoms with Crippen LogP contribution in [0.3, 0.4) is 0 Å². The van der Waals surface area contributed by atoms with Gasteiger partial charge in [0, 0.05) is 0 Å². The van der Waals surface area contributed by atoms with Crippen molar-refractivity contribution in [1.29, 1.82) is 0 Å². The topological polar surface area (TPSA) is 0 Å². The second kappa shape index (κ2) is 3.42. The first-order valence-electron chi connectivity index (χ1n) is 4.12. The summed E-state index contributed by atoms with van der Waals surface area (Å²) in [5.74, 6) is 0. The summed E-state index contributed by atoms with van der Waals surface area (Å²) < 4.78 is 1.16. The second-order valence-corrected chi connectivity index (χ2v) is 7.06. The fourth-order valence-corrected chi connectivity index (χ4v) is 3.45. The van der Waals surface area contributed by atoms with Gasteiger partial charge in [0.2, 0.25) is 0 Å². The van der Waals surface area contributed by atoms with E-state index in [1.165, 1.54) is 25.7 Å². The molecule has 0 unspecified atom stereocenters. The van der Waals surface area contributed by atoms with Crippen LogP contribution in [0.1, 0.15) is 39.5 Å². The molecule has 0 radical (unpaired) electrons. The molecule has 1 aliphatic carbocycles. The van der Waals surface area contributed by atoms with Crippen molar-refractivity contribution in [1.82, 2.24) is 0 Å². The molecule has 0 aromatic carbocycles. The van der Waals surface area contributed by atoms with Crippen molar-refractivity contribution in [3.05, 3.63) is 0 Å². The quantitative estimate of drug-likeness (QED) is 0.443. The van der Waals surface area contributed by atoms with E-state index < -0.39 is 0 Å². The summed E-state index contributed by atoms with van der Waals surface area (Å²) >= 11 is 0.544. The molecule has 1 rings (SSSR count). The third-order valence-electron chi connectivity index (χ3n) is 2.58. The van der Waals surface area contributed by atoms with Crippen molar-refractivity contribution < 1.29 is 21.2 Å². The molecule has 1 saturated carbocycles. The molecule has 1 fully saturated rings. The van der Waals surface area contributed by atoms with Gasteiger partial charge in [-0.1, -0.05) is 0 Å². The SMILES string of the molecule is C[I-]C1CCC(C)(C)CC1. The maximum atomic E-state index is 2.43. The Morgan fingerprint density at radius 2 is 1.70 bits per heavy atom. The van der Waals surface area contributed by atoms with Gasteiger partial charge >= 0.3 is 75.0 Å². The Balaban J connectivity index is 2.31. The molecule has 0 aromatic heterocycles. The van der Waals surface area contributed by atoms with Crippen molar-refractivity contribution in [2.75, 3.05) is 4.93 Å². The molecule has 1 heteroatoms. The van der Waals surface area contributed by atoms with Crippen molar-refractivity contribution in [2.24, 2.45) is 5.41 Å². The fraction of sp³-hybridized carbons (Fsp3) is 1.00. The third-order valence-corrected chi connectivity index (χ3v) is 5.58. The van der Waals surface area contributed by atoms with E-state index in [9.17, 15) is 0 Å². The monoisotopic (exact) mass is 253 g/mol. The van der Waals surface area contributed by atoms with E-state index in [1.807, 2.05) is 0 Å². The minimum atomic E-state index is 0.544. The van der Waals surface area contributed by atoms with Gasteiger partial charge in [0.15, 0.2) is 0 Å². The first-order chi connectivity index (χ1) is 4.64. The minimum absolute atomic E-state index is 0.544. The summed E-state index contributed by atoms with van der Waals surface area (Å²) in [4.78, 5) is 2.43. The Hall–Kier alpha value is 0.730. The van der Waals surface area contributed by atoms with Crippen LogP contribution in [0.15, 0.2) is 0 Å². The summed E-state index contributed by atoms with van der Waals surface area (Å²) in [6, 6.07) is 0. The maximum absolute atomic E-state index is 2.43. The van der Waals surface area contributed by atoms with Crippen LogP contribution in [0.2, 0.25) is 0 Å². The van der Waals surface area contributed by atoms with Crippen molar-refractivity contribution in [3.63, 3.8) is 0 Å². The van der Waals surface area contributed by atoms with E-state index in [0.717, 1.165) is 3.92 Å². The number of hydrogen-bond donors (Lipinski definition) is 0. The average Bonchev–Trinajstić information content (AvgIpc) is 1.88. The molecule has 0 nitrogen and oxygen atoms in total. The molecule has 0 amide bonds. The molecular weight excluding hydrogens is 235 g/mol. The van der Waals surface area contributed by atoms with Gasteiger partial charge in [-0.05, 0) is 0 Å². The fourth-order valence-electron chi connectivity index (χ4n) is 1.58. The molecule has 0 atom stereocenters. The van der Waals surface area contributed by atoms with Gasteiger partial charge in [0.25, 0.3) is 0 Å². The molecule has 0 N–H and O–H groups in total. The van der Waals surface area contributed by atoms with Crippen LogP contribution in [0.25, 0.3) is 0 Å². The normalized spacial score (nSPS) is 27.1. The molecule has 1 aliphatic rings. The van der Waals surface area contributed by atoms with E-state index in [1.54, 1.807) is 0 Å². The number of rotatable bonds is 1. The summed E-state index contributed by atoms with van der Waals surface area (Å²) in [5, 5.41) is 0. The summed E-state index contributed by atoms with van der Waals surface area (Å²) in [5.41, 5.74) is 0.676. The Labute approximate surface area is 75.0 Å². The van der Waals surface area contributed by atoms with Crippen LogP contribution in [0.4, 0.5) is 0 Å². The molecule has 0 bridgehead atoms. The summed E-state index contributed by atoms with van der Waals surface area (Å²) in [6.07, 6.45) is 6.00. The van der Waals surface area contributed by atoms with E-state index >= 15 is 0 Å². The zero-order valence-corrected chi connectivity index (χ0v) is 9.44. The molecule has 0 aromatic rings. The van der Waals surface area contributed by atoms with Gasteiger partial charge in [-0.15, -0.1) is 0 Å². The van der Waals surface area contributed by atoms with Crippen molar-refractivity contribution >= 4 is 0 Å². The van der Waals surface area contributed by atoms with Gasteiger partial charge in [0.1, 0.15) is 0 Å². The second-order valence-electron chi connectivity index (χ2n) is 4.06. The van der Waals surface area contributed by atoms with Gasteiger partial charge in [-0.3, -0.25) is 0 Å². The van der Waals surface area contributed by atoms with Gasteiger partial charge in [0.05, 0.1) is 0 Å². The Morgan fingerprint density at radius 1 is 1.20 bits per heavy atom. The summed E-state index contributed by atoms with van der Waals surface area (Å²) in [6.45, 7) is 4.83. The summed E-state index contributed by atoms with van der Waals surface area (Å²) in [7, 11) is 0. The van der Waals surface area contributed by atoms with Crippen LogP contribution in [-0.2, 0) is 0 Å². The van der Waals surface area contributed by atoms with E-state index in [4.69, 9.17) is 0 Å².